The van der Waals surface area contributed by atoms with E-state index in [0.29, 0.717) is 30.9 Å². The van der Waals surface area contributed by atoms with Gasteiger partial charge in [-0.05, 0) is 32.3 Å². The average molecular weight is 372 g/mol. The number of carbonyl (C=O) groups is 1. The number of carbonyl (C=O) groups excluding carboxylic acids is 1. The molecule has 0 amide bonds. The molecule has 1 aliphatic rings. The summed E-state index contributed by atoms with van der Waals surface area (Å²) in [6.45, 7) is 6.67. The average Bonchev–Trinajstić information content (AvgIpc) is 2.98. The van der Waals surface area contributed by atoms with Gasteiger partial charge in [-0.15, -0.1) is 0 Å². The van der Waals surface area contributed by atoms with E-state index in [1.807, 2.05) is 44.2 Å². The maximum absolute atomic E-state index is 11.9. The molecule has 0 radical (unpaired) electrons. The maximum atomic E-state index is 11.9. The van der Waals surface area contributed by atoms with Crippen LogP contribution in [0.5, 0.6) is 5.75 Å². The fourth-order valence-corrected chi connectivity index (χ4v) is 3.58. The molecule has 0 unspecified atom stereocenters. The van der Waals surface area contributed by atoms with Crippen LogP contribution >= 0.6 is 0 Å². The van der Waals surface area contributed by atoms with E-state index in [1.165, 1.54) is 7.11 Å². The topological polar surface area (TPSA) is 74.8 Å². The molecular weight excluding hydrogens is 344 g/mol. The summed E-state index contributed by atoms with van der Waals surface area (Å²) in [5.41, 5.74) is 2.43. The van der Waals surface area contributed by atoms with E-state index in [-0.39, 0.29) is 0 Å². The fourth-order valence-electron chi connectivity index (χ4n) is 3.58. The zero-order valence-electron chi connectivity index (χ0n) is 16.2. The first-order valence-corrected chi connectivity index (χ1v) is 9.35. The third-order valence-electron chi connectivity index (χ3n) is 5.48. The van der Waals surface area contributed by atoms with E-state index >= 15 is 0 Å². The van der Waals surface area contributed by atoms with Gasteiger partial charge in [0.05, 0.1) is 12.7 Å². The summed E-state index contributed by atoms with van der Waals surface area (Å²) in [5, 5.41) is 10.9. The molecule has 1 saturated heterocycles. The Morgan fingerprint density at radius 3 is 2.52 bits per heavy atom. The van der Waals surface area contributed by atoms with Crippen LogP contribution in [0, 0.1) is 13.8 Å². The number of aryl methyl sites for hydroxylation is 1. The second kappa shape index (κ2) is 8.15. The highest BCUT2D eigenvalue weighted by atomic mass is 16.5. The summed E-state index contributed by atoms with van der Waals surface area (Å²) in [4.78, 5) is 17.2. The first kappa shape index (κ1) is 19.5. The monoisotopic (exact) mass is 372 g/mol. The number of hydrogen-bond acceptors (Lipinski definition) is 5. The Balaban J connectivity index is 1.54. The summed E-state index contributed by atoms with van der Waals surface area (Å²) < 4.78 is 10.7. The quantitative estimate of drug-likeness (QED) is 0.763. The number of nitrogens with zero attached hydrogens (tertiary/aromatic N) is 1. The molecule has 1 aromatic heterocycles. The minimum Gasteiger partial charge on any atom is -0.489 e. The van der Waals surface area contributed by atoms with Crippen LogP contribution in [0.1, 0.15) is 40.2 Å². The molecule has 0 bridgehead atoms. The molecule has 1 aromatic carbocycles. The van der Waals surface area contributed by atoms with Gasteiger partial charge in [0.2, 0.25) is 0 Å². The van der Waals surface area contributed by atoms with Crippen molar-refractivity contribution in [2.24, 2.45) is 0 Å². The molecule has 0 spiro atoms. The van der Waals surface area contributed by atoms with Crippen molar-refractivity contribution in [2.45, 2.75) is 32.3 Å². The van der Waals surface area contributed by atoms with Gasteiger partial charge < -0.3 is 19.6 Å². The van der Waals surface area contributed by atoms with Gasteiger partial charge in [-0.1, -0.05) is 30.3 Å². The van der Waals surface area contributed by atoms with Gasteiger partial charge in [0, 0.05) is 30.9 Å². The number of nitrogens with one attached hydrogen (secondary N) is 1. The Hall–Kier alpha value is -2.31. The van der Waals surface area contributed by atoms with Crippen molar-refractivity contribution in [3.63, 3.8) is 0 Å². The van der Waals surface area contributed by atoms with Gasteiger partial charge in [-0.25, -0.2) is 4.79 Å². The number of aromatic nitrogens is 1. The molecule has 1 aliphatic heterocycles. The highest BCUT2D eigenvalue weighted by Gasteiger charge is 2.33. The summed E-state index contributed by atoms with van der Waals surface area (Å²) in [5.74, 6) is 0.143. The van der Waals surface area contributed by atoms with Crippen molar-refractivity contribution >= 4 is 5.97 Å². The lowest BCUT2D eigenvalue weighted by Gasteiger charge is -2.38. The number of aromatic amines is 1. The largest absolute Gasteiger partial charge is 0.489 e. The van der Waals surface area contributed by atoms with Gasteiger partial charge in [-0.2, -0.15) is 0 Å². The molecule has 27 heavy (non-hydrogen) atoms. The number of esters is 1. The minimum atomic E-state index is -0.745. The number of H-pyrrole nitrogens is 1. The summed E-state index contributed by atoms with van der Waals surface area (Å²) >= 11 is 0. The normalized spacial score (nSPS) is 16.9. The first-order chi connectivity index (χ1) is 12.9. The lowest BCUT2D eigenvalue weighted by Crippen LogP contribution is -2.43. The predicted octanol–water partition coefficient (Wildman–Crippen LogP) is 2.78. The zero-order valence-corrected chi connectivity index (χ0v) is 16.2. The third-order valence-corrected chi connectivity index (χ3v) is 5.48. The van der Waals surface area contributed by atoms with E-state index < -0.39 is 11.6 Å². The number of aliphatic hydroxyl groups is 1. The Morgan fingerprint density at radius 1 is 1.22 bits per heavy atom. The molecule has 146 valence electrons. The number of likely N-dealkylation sites (tertiary alicyclic amines) is 1. The maximum Gasteiger partial charge on any atom is 0.358 e. The summed E-state index contributed by atoms with van der Waals surface area (Å²) in [6.07, 6.45) is 1.40. The molecule has 2 heterocycles. The number of rotatable bonds is 6. The van der Waals surface area contributed by atoms with Crippen molar-refractivity contribution in [2.75, 3.05) is 33.4 Å². The third kappa shape index (κ3) is 4.17. The first-order valence-electron chi connectivity index (χ1n) is 9.35. The standard InChI is InChI=1S/C21H28N2O4/c1-15-16(2)22-18(20(24)26-3)19(15)27-14-13-23-11-9-21(25,10-12-23)17-7-5-4-6-8-17/h4-8,22,25H,9-14H2,1-3H3. The summed E-state index contributed by atoms with van der Waals surface area (Å²) in [7, 11) is 1.36. The van der Waals surface area contributed by atoms with Crippen LogP contribution in [-0.2, 0) is 10.3 Å². The van der Waals surface area contributed by atoms with E-state index in [2.05, 4.69) is 9.88 Å². The Bertz CT molecular complexity index is 777. The predicted molar refractivity (Wildman–Crippen MR) is 103 cm³/mol. The zero-order chi connectivity index (χ0) is 19.4. The number of hydrogen-bond donors (Lipinski definition) is 2. The van der Waals surface area contributed by atoms with Crippen LogP contribution in [0.3, 0.4) is 0 Å². The van der Waals surface area contributed by atoms with Crippen LogP contribution < -0.4 is 4.74 Å². The van der Waals surface area contributed by atoms with Gasteiger partial charge >= 0.3 is 5.97 Å². The highest BCUT2D eigenvalue weighted by Crippen LogP contribution is 2.32. The number of benzene rings is 1. The molecule has 0 atom stereocenters. The Labute approximate surface area is 160 Å². The van der Waals surface area contributed by atoms with Gasteiger partial charge in [-0.3, -0.25) is 4.90 Å². The second-order valence-corrected chi connectivity index (χ2v) is 7.16. The molecular formula is C21H28N2O4. The van der Waals surface area contributed by atoms with Crippen molar-refractivity contribution in [1.29, 1.82) is 0 Å². The van der Waals surface area contributed by atoms with Gasteiger partial charge in [0.15, 0.2) is 11.4 Å². The molecule has 2 N–H and O–H groups in total. The highest BCUT2D eigenvalue weighted by molar-refractivity contribution is 5.91. The van der Waals surface area contributed by atoms with E-state index in [1.54, 1.807) is 0 Å². The second-order valence-electron chi connectivity index (χ2n) is 7.16. The lowest BCUT2D eigenvalue weighted by atomic mass is 9.84. The number of methoxy groups -OCH3 is 1. The number of ether oxygens (including phenoxy) is 2. The van der Waals surface area contributed by atoms with E-state index in [0.717, 1.165) is 36.5 Å². The molecule has 1 fully saturated rings. The molecule has 3 rings (SSSR count). The van der Waals surface area contributed by atoms with E-state index in [4.69, 9.17) is 9.47 Å². The van der Waals surface area contributed by atoms with Crippen LogP contribution in [0.15, 0.2) is 30.3 Å². The van der Waals surface area contributed by atoms with Crippen LogP contribution in [0.4, 0.5) is 0 Å². The van der Waals surface area contributed by atoms with Crippen molar-refractivity contribution < 1.29 is 19.4 Å². The molecule has 0 aliphatic carbocycles. The SMILES string of the molecule is COC(=O)c1[nH]c(C)c(C)c1OCCN1CCC(O)(c2ccccc2)CC1. The van der Waals surface area contributed by atoms with Crippen molar-refractivity contribution in [1.82, 2.24) is 9.88 Å². The molecule has 0 saturated carbocycles. The number of piperidine rings is 1. The minimum absolute atomic E-state index is 0.365. The van der Waals surface area contributed by atoms with Gasteiger partial charge in [0.1, 0.15) is 6.61 Å². The Kier molecular flexibility index (Phi) is 5.87. The van der Waals surface area contributed by atoms with Crippen molar-refractivity contribution in [3.05, 3.63) is 52.8 Å². The molecule has 6 nitrogen and oxygen atoms in total. The Morgan fingerprint density at radius 2 is 1.89 bits per heavy atom. The lowest BCUT2D eigenvalue weighted by molar-refractivity contribution is -0.0278. The molecule has 6 heteroatoms. The van der Waals surface area contributed by atoms with Crippen LogP contribution in [0.25, 0.3) is 0 Å². The van der Waals surface area contributed by atoms with Gasteiger partial charge in [0.25, 0.3) is 0 Å². The van der Waals surface area contributed by atoms with Crippen molar-refractivity contribution in [3.8, 4) is 5.75 Å². The summed E-state index contributed by atoms with van der Waals surface area (Å²) in [6, 6.07) is 9.88. The van der Waals surface area contributed by atoms with Crippen LogP contribution in [-0.4, -0.2) is 54.3 Å². The van der Waals surface area contributed by atoms with E-state index in [9.17, 15) is 9.90 Å². The molecule has 2 aromatic rings. The smallest absolute Gasteiger partial charge is 0.358 e. The fraction of sp³-hybridized carbons (Fsp3) is 0.476. The van der Waals surface area contributed by atoms with Crippen LogP contribution in [0.2, 0.25) is 0 Å².